The van der Waals surface area contributed by atoms with Crippen LogP contribution in [0.1, 0.15) is 48.0 Å². The van der Waals surface area contributed by atoms with E-state index in [-0.39, 0.29) is 30.2 Å². The Hall–Kier alpha value is -3.72. The minimum atomic E-state index is -0.598. The minimum Gasteiger partial charge on any atom is -0.496 e. The first-order valence-corrected chi connectivity index (χ1v) is 12.2. The molecule has 0 saturated heterocycles. The number of carbonyl (C=O) groups is 2. The molecule has 3 aromatic rings. The molecular formula is C27H33N5O4. The van der Waals surface area contributed by atoms with Crippen LogP contribution in [-0.4, -0.2) is 60.6 Å². The first kappa shape index (κ1) is 25.4. The lowest BCUT2D eigenvalue weighted by atomic mass is 9.78. The van der Waals surface area contributed by atoms with Crippen molar-refractivity contribution in [3.05, 3.63) is 66.1 Å². The standard InChI is InChI=1S/C27H33N5O4/c1-32(2)24(18-9-5-4-6-10-18)19-13-15-20(16-14-19)29-23(33)17-28-26(34)27-30-25(31-36-27)21-11-7-8-12-22(21)35-3/h4-12,19-20,24H,13-17H2,1-3H3,(H,28,34)(H,29,33). The van der Waals surface area contributed by atoms with E-state index in [9.17, 15) is 9.59 Å². The van der Waals surface area contributed by atoms with Crippen LogP contribution < -0.4 is 15.4 Å². The highest BCUT2D eigenvalue weighted by atomic mass is 16.5. The molecule has 1 aliphatic rings. The van der Waals surface area contributed by atoms with E-state index in [4.69, 9.17) is 9.26 Å². The van der Waals surface area contributed by atoms with Crippen molar-refractivity contribution in [2.24, 2.45) is 5.92 Å². The van der Waals surface area contributed by atoms with E-state index in [0.717, 1.165) is 25.7 Å². The van der Waals surface area contributed by atoms with Gasteiger partial charge in [-0.15, -0.1) is 0 Å². The van der Waals surface area contributed by atoms with E-state index in [0.29, 0.717) is 23.3 Å². The zero-order valence-corrected chi connectivity index (χ0v) is 20.9. The molecule has 1 aromatic heterocycles. The minimum absolute atomic E-state index is 0.102. The van der Waals surface area contributed by atoms with Crippen molar-refractivity contribution >= 4 is 11.8 Å². The fourth-order valence-electron chi connectivity index (χ4n) is 4.99. The summed E-state index contributed by atoms with van der Waals surface area (Å²) in [5, 5.41) is 9.47. The number of amides is 2. The van der Waals surface area contributed by atoms with Crippen LogP contribution in [0.3, 0.4) is 0 Å². The maximum atomic E-state index is 12.5. The third kappa shape index (κ3) is 6.09. The molecule has 0 aliphatic heterocycles. The molecule has 2 amide bonds. The number of nitrogens with zero attached hydrogens (tertiary/aromatic N) is 3. The van der Waals surface area contributed by atoms with Crippen LogP contribution in [0.15, 0.2) is 59.1 Å². The van der Waals surface area contributed by atoms with Crippen molar-refractivity contribution in [3.63, 3.8) is 0 Å². The molecule has 0 spiro atoms. The molecule has 1 fully saturated rings. The van der Waals surface area contributed by atoms with E-state index in [1.807, 2.05) is 18.2 Å². The molecule has 9 nitrogen and oxygen atoms in total. The Kier molecular flexibility index (Phi) is 8.32. The normalized spacial score (nSPS) is 18.4. The first-order valence-electron chi connectivity index (χ1n) is 12.2. The largest absolute Gasteiger partial charge is 0.496 e. The quantitative estimate of drug-likeness (QED) is 0.472. The predicted octanol–water partition coefficient (Wildman–Crippen LogP) is 3.45. The molecule has 1 atom stereocenters. The van der Waals surface area contributed by atoms with Crippen LogP contribution in [0.25, 0.3) is 11.4 Å². The fraction of sp³-hybridized carbons (Fsp3) is 0.407. The second-order valence-corrected chi connectivity index (χ2v) is 9.30. The van der Waals surface area contributed by atoms with Gasteiger partial charge in [-0.05, 0) is 63.4 Å². The summed E-state index contributed by atoms with van der Waals surface area (Å²) < 4.78 is 10.4. The number of hydrogen-bond acceptors (Lipinski definition) is 7. The molecule has 4 rings (SSSR count). The number of methoxy groups -OCH3 is 1. The van der Waals surface area contributed by atoms with Crippen molar-refractivity contribution < 1.29 is 18.8 Å². The number of carbonyl (C=O) groups excluding carboxylic acids is 2. The molecule has 1 saturated carbocycles. The summed E-state index contributed by atoms with van der Waals surface area (Å²) in [5.74, 6) is 0.304. The molecule has 9 heteroatoms. The lowest BCUT2D eigenvalue weighted by Crippen LogP contribution is -2.44. The van der Waals surface area contributed by atoms with E-state index in [2.05, 4.69) is 64.0 Å². The van der Waals surface area contributed by atoms with Crippen molar-refractivity contribution in [2.75, 3.05) is 27.7 Å². The highest BCUT2D eigenvalue weighted by Gasteiger charge is 2.30. The summed E-state index contributed by atoms with van der Waals surface area (Å²) >= 11 is 0. The van der Waals surface area contributed by atoms with Gasteiger partial charge >= 0.3 is 11.8 Å². The van der Waals surface area contributed by atoms with Gasteiger partial charge in [0, 0.05) is 12.1 Å². The predicted molar refractivity (Wildman–Crippen MR) is 135 cm³/mol. The Bertz CT molecular complexity index is 1160. The molecule has 1 heterocycles. The molecule has 36 heavy (non-hydrogen) atoms. The average molecular weight is 492 g/mol. The molecule has 0 radical (unpaired) electrons. The van der Waals surface area contributed by atoms with Crippen LogP contribution in [-0.2, 0) is 4.79 Å². The number of aromatic nitrogens is 2. The van der Waals surface area contributed by atoms with Crippen LogP contribution in [0, 0.1) is 5.92 Å². The molecule has 1 aliphatic carbocycles. The molecular weight excluding hydrogens is 458 g/mol. The van der Waals surface area contributed by atoms with Gasteiger partial charge in [0.2, 0.25) is 11.7 Å². The number of para-hydroxylation sites is 1. The molecule has 1 unspecified atom stereocenters. The van der Waals surface area contributed by atoms with Crippen LogP contribution in [0.2, 0.25) is 0 Å². The van der Waals surface area contributed by atoms with E-state index in [1.54, 1.807) is 19.2 Å². The summed E-state index contributed by atoms with van der Waals surface area (Å²) in [7, 11) is 5.79. The van der Waals surface area contributed by atoms with Gasteiger partial charge in [-0.1, -0.05) is 47.6 Å². The van der Waals surface area contributed by atoms with E-state index < -0.39 is 5.91 Å². The zero-order chi connectivity index (χ0) is 25.5. The maximum Gasteiger partial charge on any atom is 0.316 e. The van der Waals surface area contributed by atoms with E-state index >= 15 is 0 Å². The van der Waals surface area contributed by atoms with E-state index in [1.165, 1.54) is 5.56 Å². The van der Waals surface area contributed by atoms with Gasteiger partial charge in [0.05, 0.1) is 19.2 Å². The Labute approximate surface area is 211 Å². The summed E-state index contributed by atoms with van der Waals surface area (Å²) in [6, 6.07) is 18.2. The van der Waals surface area contributed by atoms with Crippen LogP contribution in [0.4, 0.5) is 0 Å². The van der Waals surface area contributed by atoms with Gasteiger partial charge in [-0.2, -0.15) is 4.98 Å². The third-order valence-electron chi connectivity index (χ3n) is 6.66. The Balaban J connectivity index is 1.25. The Morgan fingerprint density at radius 3 is 2.44 bits per heavy atom. The zero-order valence-electron chi connectivity index (χ0n) is 20.9. The summed E-state index contributed by atoms with van der Waals surface area (Å²) in [5.41, 5.74) is 1.94. The number of rotatable bonds is 9. The van der Waals surface area contributed by atoms with Crippen molar-refractivity contribution in [1.82, 2.24) is 25.7 Å². The average Bonchev–Trinajstić information content (AvgIpc) is 3.39. The maximum absolute atomic E-state index is 12.5. The lowest BCUT2D eigenvalue weighted by molar-refractivity contribution is -0.121. The van der Waals surface area contributed by atoms with Crippen molar-refractivity contribution in [2.45, 2.75) is 37.8 Å². The second-order valence-electron chi connectivity index (χ2n) is 9.30. The van der Waals surface area contributed by atoms with Gasteiger partial charge in [0.1, 0.15) is 5.75 Å². The van der Waals surface area contributed by atoms with Crippen molar-refractivity contribution in [1.29, 1.82) is 0 Å². The van der Waals surface area contributed by atoms with Gasteiger partial charge in [-0.25, -0.2) is 0 Å². The smallest absolute Gasteiger partial charge is 0.316 e. The molecule has 2 aromatic carbocycles. The molecule has 2 N–H and O–H groups in total. The summed E-state index contributed by atoms with van der Waals surface area (Å²) in [6.45, 7) is -0.157. The van der Waals surface area contributed by atoms with Gasteiger partial charge < -0.3 is 24.8 Å². The number of hydrogen-bond donors (Lipinski definition) is 2. The van der Waals surface area contributed by atoms with Crippen LogP contribution in [0.5, 0.6) is 5.75 Å². The number of nitrogens with one attached hydrogen (secondary N) is 2. The molecule has 0 bridgehead atoms. The monoisotopic (exact) mass is 491 g/mol. The number of ether oxygens (including phenoxy) is 1. The lowest BCUT2D eigenvalue weighted by Gasteiger charge is -2.37. The van der Waals surface area contributed by atoms with Gasteiger partial charge in [0.25, 0.3) is 0 Å². The van der Waals surface area contributed by atoms with Crippen molar-refractivity contribution in [3.8, 4) is 17.1 Å². The SMILES string of the molecule is COc1ccccc1-c1noc(C(=O)NCC(=O)NC2CCC(C(c3ccccc3)N(C)C)CC2)n1. The van der Waals surface area contributed by atoms with Gasteiger partial charge in [0.15, 0.2) is 0 Å². The third-order valence-corrected chi connectivity index (χ3v) is 6.66. The Morgan fingerprint density at radius 2 is 1.75 bits per heavy atom. The number of benzene rings is 2. The second kappa shape index (κ2) is 11.8. The topological polar surface area (TPSA) is 110 Å². The highest BCUT2D eigenvalue weighted by molar-refractivity contribution is 5.93. The van der Waals surface area contributed by atoms with Crippen LogP contribution >= 0.6 is 0 Å². The highest BCUT2D eigenvalue weighted by Crippen LogP contribution is 2.37. The summed E-state index contributed by atoms with van der Waals surface area (Å²) in [4.78, 5) is 31.3. The molecule has 190 valence electrons. The Morgan fingerprint density at radius 1 is 1.06 bits per heavy atom. The summed E-state index contributed by atoms with van der Waals surface area (Å²) in [6.07, 6.45) is 3.88. The fourth-order valence-corrected chi connectivity index (χ4v) is 4.99. The van der Waals surface area contributed by atoms with Gasteiger partial charge in [-0.3, -0.25) is 9.59 Å². The first-order chi connectivity index (χ1) is 17.5.